The first kappa shape index (κ1) is 14.5. The molecule has 0 amide bonds. The van der Waals surface area contributed by atoms with E-state index in [0.29, 0.717) is 0 Å². The number of benzene rings is 1. The summed E-state index contributed by atoms with van der Waals surface area (Å²) in [6.07, 6.45) is -4.81. The molecule has 0 aliphatic rings. The summed E-state index contributed by atoms with van der Waals surface area (Å²) in [7, 11) is 0. The Morgan fingerprint density at radius 2 is 1.59 bits per heavy atom. The highest BCUT2D eigenvalue weighted by Crippen LogP contribution is 2.46. The summed E-state index contributed by atoms with van der Waals surface area (Å²) in [6, 6.07) is 1.68. The van der Waals surface area contributed by atoms with Gasteiger partial charge in [-0.15, -0.1) is 0 Å². The Morgan fingerprint density at radius 1 is 1.06 bits per heavy atom. The summed E-state index contributed by atoms with van der Waals surface area (Å²) < 4.78 is 73.1. The van der Waals surface area contributed by atoms with Crippen LogP contribution in [0.3, 0.4) is 0 Å². The van der Waals surface area contributed by atoms with Crippen molar-refractivity contribution >= 4 is 33.4 Å². The third-order valence-electron chi connectivity index (χ3n) is 1.65. The predicted molar refractivity (Wildman–Crippen MR) is 55.5 cm³/mol. The largest absolute Gasteiger partial charge is 0.446 e. The van der Waals surface area contributed by atoms with Gasteiger partial charge in [0.25, 0.3) is 0 Å². The number of halogens is 7. The molecule has 0 fully saturated rings. The summed E-state index contributed by atoms with van der Waals surface area (Å²) in [5.74, 6) is 0. The maximum absolute atomic E-state index is 12.5. The molecule has 0 aliphatic heterocycles. The minimum absolute atomic E-state index is 0.584. The van der Waals surface area contributed by atoms with Gasteiger partial charge >= 0.3 is 11.7 Å². The van der Waals surface area contributed by atoms with Gasteiger partial charge < -0.3 is 5.73 Å². The zero-order chi connectivity index (χ0) is 13.4. The number of nitrogen functional groups attached to an aromatic ring is 1. The quantitative estimate of drug-likeness (QED) is 0.457. The average Bonchev–Trinajstić information content (AvgIpc) is 2.06. The van der Waals surface area contributed by atoms with E-state index >= 15 is 0 Å². The number of hydrogen-bond acceptors (Lipinski definition) is 2. The van der Waals surface area contributed by atoms with E-state index in [9.17, 15) is 26.3 Å². The van der Waals surface area contributed by atoms with Crippen molar-refractivity contribution in [2.24, 2.45) is 0 Å². The van der Waals surface area contributed by atoms with Crippen LogP contribution >= 0.6 is 27.7 Å². The molecule has 0 atom stereocenters. The molecule has 1 nitrogen and oxygen atoms in total. The summed E-state index contributed by atoms with van der Waals surface area (Å²) >= 11 is 1.86. The molecule has 0 spiro atoms. The lowest BCUT2D eigenvalue weighted by Gasteiger charge is -2.15. The maximum atomic E-state index is 12.5. The highest BCUT2D eigenvalue weighted by Gasteiger charge is 2.38. The minimum Gasteiger partial charge on any atom is -0.398 e. The number of nitrogens with two attached hydrogens (primary N) is 1. The van der Waals surface area contributed by atoms with Crippen LogP contribution in [-0.4, -0.2) is 5.51 Å². The van der Waals surface area contributed by atoms with Crippen molar-refractivity contribution in [2.75, 3.05) is 5.73 Å². The standard InChI is InChI=1S/C8H4BrF6NS/c9-6-4(17-8(13,14)15)2-1-3(16)5(6)7(10,11)12/h1-2H,16H2. The molecule has 96 valence electrons. The molecule has 0 saturated carbocycles. The van der Waals surface area contributed by atoms with Gasteiger partial charge in [-0.1, -0.05) is 0 Å². The van der Waals surface area contributed by atoms with Crippen molar-refractivity contribution in [1.82, 2.24) is 0 Å². The third-order valence-corrected chi connectivity index (χ3v) is 3.53. The van der Waals surface area contributed by atoms with Crippen LogP contribution in [0.1, 0.15) is 5.56 Å². The van der Waals surface area contributed by atoms with Gasteiger partial charge in [0.2, 0.25) is 0 Å². The molecule has 2 N–H and O–H groups in total. The number of alkyl halides is 6. The number of thioether (sulfide) groups is 1. The fourth-order valence-corrected chi connectivity index (χ4v) is 2.47. The fraction of sp³-hybridized carbons (Fsp3) is 0.250. The lowest BCUT2D eigenvalue weighted by molar-refractivity contribution is -0.137. The average molecular weight is 340 g/mol. The Bertz CT molecular complexity index is 427. The molecule has 0 saturated heterocycles. The molecule has 17 heavy (non-hydrogen) atoms. The van der Waals surface area contributed by atoms with Gasteiger partial charge in [-0.25, -0.2) is 0 Å². The summed E-state index contributed by atoms with van der Waals surface area (Å²) in [4.78, 5) is -0.584. The van der Waals surface area contributed by atoms with Crippen molar-refractivity contribution in [1.29, 1.82) is 0 Å². The molecule has 0 bridgehead atoms. The van der Waals surface area contributed by atoms with Gasteiger partial charge in [0.05, 0.1) is 5.56 Å². The highest BCUT2D eigenvalue weighted by molar-refractivity contribution is 9.10. The van der Waals surface area contributed by atoms with Crippen LogP contribution in [0.2, 0.25) is 0 Å². The minimum atomic E-state index is -4.81. The molecule has 0 radical (unpaired) electrons. The van der Waals surface area contributed by atoms with Crippen LogP contribution < -0.4 is 5.73 Å². The fourth-order valence-electron chi connectivity index (χ4n) is 1.06. The molecule has 1 rings (SSSR count). The molecular formula is C8H4BrF6NS. The van der Waals surface area contributed by atoms with Gasteiger partial charge in [-0.2, -0.15) is 26.3 Å². The van der Waals surface area contributed by atoms with Crippen molar-refractivity contribution in [3.63, 3.8) is 0 Å². The second kappa shape index (κ2) is 4.60. The Labute approximate surface area is 104 Å². The summed E-state index contributed by atoms with van der Waals surface area (Å²) in [6.45, 7) is 0. The highest BCUT2D eigenvalue weighted by atomic mass is 79.9. The first-order valence-corrected chi connectivity index (χ1v) is 5.54. The van der Waals surface area contributed by atoms with Crippen LogP contribution in [0.4, 0.5) is 32.0 Å². The summed E-state index contributed by atoms with van der Waals surface area (Å²) in [5.41, 5.74) is -1.49. The SMILES string of the molecule is Nc1ccc(SC(F)(F)F)c(Br)c1C(F)(F)F. The zero-order valence-electron chi connectivity index (χ0n) is 7.79. The lowest BCUT2D eigenvalue weighted by Crippen LogP contribution is -2.11. The molecule has 0 aliphatic carbocycles. The summed E-state index contributed by atoms with van der Waals surface area (Å²) in [5, 5.41) is 0. The predicted octanol–water partition coefficient (Wildman–Crippen LogP) is 4.66. The molecule has 0 unspecified atom stereocenters. The van der Waals surface area contributed by atoms with E-state index in [-0.39, 0.29) is 0 Å². The van der Waals surface area contributed by atoms with Crippen LogP contribution in [0, 0.1) is 0 Å². The number of rotatable bonds is 1. The third kappa shape index (κ3) is 3.70. The van der Waals surface area contributed by atoms with E-state index in [1.165, 1.54) is 0 Å². The second-order valence-corrected chi connectivity index (χ2v) is 4.79. The lowest BCUT2D eigenvalue weighted by atomic mass is 10.2. The first-order chi connectivity index (χ1) is 7.52. The zero-order valence-corrected chi connectivity index (χ0v) is 10.2. The Balaban J connectivity index is 3.30. The van der Waals surface area contributed by atoms with Gasteiger partial charge in [-0.3, -0.25) is 0 Å². The molecule has 1 aromatic rings. The normalized spacial score (nSPS) is 12.9. The van der Waals surface area contributed by atoms with Gasteiger partial charge in [0.15, 0.2) is 0 Å². The van der Waals surface area contributed by atoms with Crippen molar-refractivity contribution < 1.29 is 26.3 Å². The van der Waals surface area contributed by atoms with E-state index in [0.717, 1.165) is 12.1 Å². The molecule has 1 aromatic carbocycles. The molecule has 0 aromatic heterocycles. The van der Waals surface area contributed by atoms with Crippen LogP contribution in [0.5, 0.6) is 0 Å². The topological polar surface area (TPSA) is 26.0 Å². The van der Waals surface area contributed by atoms with Gasteiger partial charge in [-0.05, 0) is 39.8 Å². The Kier molecular flexibility index (Phi) is 3.92. The monoisotopic (exact) mass is 339 g/mol. The van der Waals surface area contributed by atoms with E-state index < -0.39 is 44.1 Å². The van der Waals surface area contributed by atoms with Gasteiger partial charge in [0.1, 0.15) is 0 Å². The van der Waals surface area contributed by atoms with Crippen molar-refractivity contribution in [3.8, 4) is 0 Å². The van der Waals surface area contributed by atoms with E-state index in [1.54, 1.807) is 0 Å². The molecular weight excluding hydrogens is 336 g/mol. The van der Waals surface area contributed by atoms with Crippen LogP contribution in [0.15, 0.2) is 21.5 Å². The maximum Gasteiger partial charge on any atom is 0.446 e. The molecule has 9 heteroatoms. The van der Waals surface area contributed by atoms with E-state index in [2.05, 4.69) is 15.9 Å². The van der Waals surface area contributed by atoms with Gasteiger partial charge in [0, 0.05) is 15.1 Å². The number of hydrogen-bond donors (Lipinski definition) is 1. The smallest absolute Gasteiger partial charge is 0.398 e. The first-order valence-electron chi connectivity index (χ1n) is 3.93. The Morgan fingerprint density at radius 3 is 2.00 bits per heavy atom. The van der Waals surface area contributed by atoms with E-state index in [1.807, 2.05) is 0 Å². The van der Waals surface area contributed by atoms with Crippen molar-refractivity contribution in [3.05, 3.63) is 22.2 Å². The van der Waals surface area contributed by atoms with Crippen LogP contribution in [-0.2, 0) is 6.18 Å². The van der Waals surface area contributed by atoms with Crippen LogP contribution in [0.25, 0.3) is 0 Å². The molecule has 0 heterocycles. The second-order valence-electron chi connectivity index (χ2n) is 2.89. The van der Waals surface area contributed by atoms with Crippen molar-refractivity contribution in [2.45, 2.75) is 16.6 Å². The number of anilines is 1. The Hall–Kier alpha value is -0.570. The van der Waals surface area contributed by atoms with E-state index in [4.69, 9.17) is 5.73 Å².